The van der Waals surface area contributed by atoms with E-state index in [0.29, 0.717) is 29.7 Å². The molecule has 0 atom stereocenters. The fourth-order valence-electron chi connectivity index (χ4n) is 3.30. The van der Waals surface area contributed by atoms with Crippen LogP contribution in [-0.4, -0.2) is 25.3 Å². The van der Waals surface area contributed by atoms with Gasteiger partial charge in [-0.25, -0.2) is 0 Å². The van der Waals surface area contributed by atoms with Gasteiger partial charge in [0.2, 0.25) is 0 Å². The van der Waals surface area contributed by atoms with Crippen molar-refractivity contribution in [1.29, 1.82) is 0 Å². The summed E-state index contributed by atoms with van der Waals surface area (Å²) >= 11 is 0. The summed E-state index contributed by atoms with van der Waals surface area (Å²) in [6.07, 6.45) is 11.4. The first-order chi connectivity index (χ1) is 14.1. The summed E-state index contributed by atoms with van der Waals surface area (Å²) in [4.78, 5) is 17.2. The van der Waals surface area contributed by atoms with Gasteiger partial charge in [-0.3, -0.25) is 9.79 Å². The van der Waals surface area contributed by atoms with Crippen LogP contribution in [0.1, 0.15) is 47.8 Å². The average Bonchev–Trinajstić information content (AvgIpc) is 3.62. The van der Waals surface area contributed by atoms with Gasteiger partial charge in [-0.1, -0.05) is 18.7 Å². The first kappa shape index (κ1) is 19.2. The van der Waals surface area contributed by atoms with Crippen LogP contribution < -0.4 is 10.0 Å². The largest absolute Gasteiger partial charge is 0.618 e. The topological polar surface area (TPSA) is 77.6 Å². The van der Waals surface area contributed by atoms with Gasteiger partial charge in [0.15, 0.2) is 5.69 Å². The Kier molecular flexibility index (Phi) is 5.34. The molecular formula is C23H25N3O3. The number of nitrogens with zero attached hydrogens (tertiary/aromatic N) is 2. The molecule has 150 valence electrons. The van der Waals surface area contributed by atoms with Crippen molar-refractivity contribution >= 4 is 11.6 Å². The first-order valence-corrected chi connectivity index (χ1v) is 10.0. The van der Waals surface area contributed by atoms with E-state index in [1.807, 2.05) is 18.2 Å². The molecule has 1 N–H and O–H groups in total. The van der Waals surface area contributed by atoms with Gasteiger partial charge in [-0.15, -0.1) is 0 Å². The minimum Gasteiger partial charge on any atom is -0.618 e. The number of carbonyl (C=O) groups is 1. The highest BCUT2D eigenvalue weighted by molar-refractivity contribution is 6.12. The Morgan fingerprint density at radius 3 is 2.79 bits per heavy atom. The normalized spacial score (nSPS) is 21.6. The third-order valence-corrected chi connectivity index (χ3v) is 5.29. The summed E-state index contributed by atoms with van der Waals surface area (Å²) in [5.41, 5.74) is 2.83. The van der Waals surface area contributed by atoms with E-state index in [4.69, 9.17) is 4.74 Å². The summed E-state index contributed by atoms with van der Waals surface area (Å²) in [5.74, 6) is 0.934. The molecule has 0 bridgehead atoms. The number of pyridine rings is 1. The van der Waals surface area contributed by atoms with Gasteiger partial charge in [0.1, 0.15) is 5.76 Å². The van der Waals surface area contributed by atoms with Crippen molar-refractivity contribution < 1.29 is 14.3 Å². The average molecular weight is 391 g/mol. The summed E-state index contributed by atoms with van der Waals surface area (Å²) in [5, 5.41) is 15.5. The fraction of sp³-hybridized carbons (Fsp3) is 0.348. The van der Waals surface area contributed by atoms with Crippen LogP contribution in [0.5, 0.6) is 0 Å². The van der Waals surface area contributed by atoms with Gasteiger partial charge in [0.25, 0.3) is 5.69 Å². The van der Waals surface area contributed by atoms with Crippen molar-refractivity contribution in [3.05, 3.63) is 82.7 Å². The Balaban J connectivity index is 1.60. The zero-order chi connectivity index (χ0) is 20.4. The van der Waals surface area contributed by atoms with Crippen molar-refractivity contribution in [2.24, 2.45) is 10.9 Å². The zero-order valence-corrected chi connectivity index (χ0v) is 16.6. The molecular weight excluding hydrogens is 366 g/mol. The number of hydrogen-bond donors (Lipinski definition) is 1. The number of hydrogen-bond acceptors (Lipinski definition) is 4. The summed E-state index contributed by atoms with van der Waals surface area (Å²) < 4.78 is 6.73. The van der Waals surface area contributed by atoms with E-state index < -0.39 is 5.91 Å². The zero-order valence-electron chi connectivity index (χ0n) is 16.6. The van der Waals surface area contributed by atoms with Crippen molar-refractivity contribution in [3.63, 3.8) is 0 Å². The van der Waals surface area contributed by atoms with E-state index in [1.54, 1.807) is 31.3 Å². The molecule has 0 aromatic carbocycles. The lowest BCUT2D eigenvalue weighted by atomic mass is 10.0. The molecule has 1 aromatic rings. The van der Waals surface area contributed by atoms with Crippen LogP contribution in [0.3, 0.4) is 0 Å². The van der Waals surface area contributed by atoms with E-state index >= 15 is 0 Å². The van der Waals surface area contributed by atoms with Crippen LogP contribution in [0.4, 0.5) is 0 Å². The molecule has 4 rings (SSSR count). The molecule has 0 unspecified atom stereocenters. The number of aliphatic imine (C=N–C) groups is 1. The summed E-state index contributed by atoms with van der Waals surface area (Å²) in [6.45, 7) is 4.35. The minimum atomic E-state index is -0.454. The third kappa shape index (κ3) is 4.31. The lowest BCUT2D eigenvalue weighted by Crippen LogP contribution is -2.42. The lowest BCUT2D eigenvalue weighted by molar-refractivity contribution is -0.616. The molecule has 0 radical (unpaired) electrons. The van der Waals surface area contributed by atoms with Crippen molar-refractivity contribution in [2.75, 3.05) is 13.7 Å². The predicted molar refractivity (Wildman–Crippen MR) is 111 cm³/mol. The molecule has 1 aromatic heterocycles. The second kappa shape index (κ2) is 8.07. The van der Waals surface area contributed by atoms with Gasteiger partial charge in [0, 0.05) is 36.7 Å². The Bertz CT molecular complexity index is 964. The van der Waals surface area contributed by atoms with Crippen LogP contribution in [0.15, 0.2) is 71.1 Å². The maximum atomic E-state index is 12.9. The molecule has 1 amide bonds. The lowest BCUT2D eigenvalue weighted by Gasteiger charge is -2.20. The number of aromatic nitrogens is 1. The predicted octanol–water partition coefficient (Wildman–Crippen LogP) is 3.32. The maximum absolute atomic E-state index is 12.9. The van der Waals surface area contributed by atoms with E-state index in [9.17, 15) is 10.0 Å². The smallest absolute Gasteiger partial charge is 0.321 e. The highest BCUT2D eigenvalue weighted by Crippen LogP contribution is 2.38. The Morgan fingerprint density at radius 1 is 1.34 bits per heavy atom. The minimum absolute atomic E-state index is 0.0843. The van der Waals surface area contributed by atoms with Gasteiger partial charge in [0.05, 0.1) is 18.0 Å². The number of ether oxygens (including phenoxy) is 1. The third-order valence-electron chi connectivity index (χ3n) is 5.29. The summed E-state index contributed by atoms with van der Waals surface area (Å²) in [6, 6.07) is 5.10. The van der Waals surface area contributed by atoms with Gasteiger partial charge >= 0.3 is 5.91 Å². The van der Waals surface area contributed by atoms with E-state index in [-0.39, 0.29) is 11.6 Å². The quantitative estimate of drug-likeness (QED) is 0.572. The van der Waals surface area contributed by atoms with Crippen LogP contribution in [0.2, 0.25) is 0 Å². The second-order valence-corrected chi connectivity index (χ2v) is 7.65. The monoisotopic (exact) mass is 391 g/mol. The molecule has 0 spiro atoms. The molecule has 29 heavy (non-hydrogen) atoms. The highest BCUT2D eigenvalue weighted by atomic mass is 16.5. The second-order valence-electron chi connectivity index (χ2n) is 7.65. The number of allylic oxidation sites excluding steroid dienone is 5. The van der Waals surface area contributed by atoms with Crippen LogP contribution in [-0.2, 0) is 4.74 Å². The Hall–Kier alpha value is -3.15. The van der Waals surface area contributed by atoms with E-state index in [0.717, 1.165) is 28.9 Å². The fourth-order valence-corrected chi connectivity index (χ4v) is 3.30. The molecule has 3 aliphatic rings. The van der Waals surface area contributed by atoms with Crippen LogP contribution in [0, 0.1) is 11.1 Å². The van der Waals surface area contributed by atoms with Gasteiger partial charge in [-0.2, -0.15) is 4.73 Å². The van der Waals surface area contributed by atoms with Crippen molar-refractivity contribution in [1.82, 2.24) is 5.32 Å². The molecule has 0 saturated heterocycles. The molecule has 6 nitrogen and oxygen atoms in total. The Labute approximate surface area is 170 Å². The molecule has 1 heterocycles. The van der Waals surface area contributed by atoms with Gasteiger partial charge in [-0.05, 0) is 43.7 Å². The molecule has 3 aliphatic carbocycles. The first-order valence-electron chi connectivity index (χ1n) is 10.0. The summed E-state index contributed by atoms with van der Waals surface area (Å²) in [7, 11) is 1.71. The molecule has 2 fully saturated rings. The number of carbonyl (C=O) groups excluding carboxylic acids is 1. The molecule has 6 heteroatoms. The number of amides is 1. The number of nitrogens with one attached hydrogen (secondary N) is 1. The van der Waals surface area contributed by atoms with Crippen LogP contribution >= 0.6 is 0 Å². The van der Waals surface area contributed by atoms with E-state index in [1.165, 1.54) is 12.8 Å². The van der Waals surface area contributed by atoms with Crippen molar-refractivity contribution in [2.45, 2.75) is 31.6 Å². The van der Waals surface area contributed by atoms with Crippen molar-refractivity contribution in [3.8, 4) is 0 Å². The maximum Gasteiger partial charge on any atom is 0.321 e. The van der Waals surface area contributed by atoms with Crippen LogP contribution in [0.25, 0.3) is 0 Å². The standard InChI is InChI=1S/C23H25N3O3/c1-3-5-17-12-19(22(13-18(17)24-2)29-14-15-8-9-15)25-23(27)21-7-4-6-20(26(21)28)16-10-11-16/h3-7,12-13,15-16H,1,8-11,14H2,2H3,(H,25,27)/b17-5-,24-18?. The molecule has 2 saturated carbocycles. The molecule has 0 aliphatic heterocycles. The SMILES string of the molecule is C=C/C=C1/C=C(NC(=O)c2cccc(C3CC3)[n+]2[O-])C(OCC2CC2)=CC1=NC. The Morgan fingerprint density at radius 2 is 2.14 bits per heavy atom. The highest BCUT2D eigenvalue weighted by Gasteiger charge is 2.33. The van der Waals surface area contributed by atoms with Gasteiger partial charge < -0.3 is 15.3 Å². The number of rotatable bonds is 7. The van der Waals surface area contributed by atoms with E-state index in [2.05, 4.69) is 16.9 Å².